The molecule has 1 rings (SSSR count). The van der Waals surface area contributed by atoms with E-state index in [-0.39, 0.29) is 11.3 Å². The molecule has 108 valence electrons. The molecule has 0 bridgehead atoms. The summed E-state index contributed by atoms with van der Waals surface area (Å²) < 4.78 is 5.02. The van der Waals surface area contributed by atoms with Crippen LogP contribution in [0.1, 0.15) is 50.4 Å². The quantitative estimate of drug-likeness (QED) is 0.707. The third-order valence-electron chi connectivity index (χ3n) is 2.90. The number of carbonyl (C=O) groups excluding carboxylic acids is 1. The Hall–Kier alpha value is -1.36. The maximum absolute atomic E-state index is 11.9. The van der Waals surface area contributed by atoms with E-state index in [0.717, 1.165) is 31.7 Å². The summed E-state index contributed by atoms with van der Waals surface area (Å²) in [5.41, 5.74) is 0.372. The molecule has 19 heavy (non-hydrogen) atoms. The summed E-state index contributed by atoms with van der Waals surface area (Å²) in [4.78, 5) is 11.9. The number of nitrogens with one attached hydrogen (secondary N) is 2. The number of hydrogen-bond acceptors (Lipinski definition) is 4. The van der Waals surface area contributed by atoms with Gasteiger partial charge in [-0.25, -0.2) is 0 Å². The summed E-state index contributed by atoms with van der Waals surface area (Å²) in [5.74, 6) is 0.557. The molecule has 1 aromatic heterocycles. The first-order valence-electron chi connectivity index (χ1n) is 6.93. The van der Waals surface area contributed by atoms with Crippen molar-refractivity contribution in [3.63, 3.8) is 0 Å². The molecule has 0 aromatic carbocycles. The summed E-state index contributed by atoms with van der Waals surface area (Å²) in [6.07, 6.45) is 1.86. The monoisotopic (exact) mass is 267 g/mol. The molecule has 0 saturated heterocycles. The van der Waals surface area contributed by atoms with E-state index in [1.165, 1.54) is 0 Å². The van der Waals surface area contributed by atoms with Crippen LogP contribution in [0.3, 0.4) is 0 Å². The van der Waals surface area contributed by atoms with Crippen LogP contribution in [0.2, 0.25) is 0 Å². The van der Waals surface area contributed by atoms with Crippen LogP contribution in [0.5, 0.6) is 0 Å². The van der Waals surface area contributed by atoms with Gasteiger partial charge >= 0.3 is 0 Å². The SMILES string of the molecule is CCCNCC(C)(C)CNC(=O)c1cc(CC)on1. The fourth-order valence-corrected chi connectivity index (χ4v) is 1.66. The zero-order chi connectivity index (χ0) is 14.3. The summed E-state index contributed by atoms with van der Waals surface area (Å²) in [7, 11) is 0. The molecule has 0 fully saturated rings. The number of aryl methyl sites for hydroxylation is 1. The predicted molar refractivity (Wildman–Crippen MR) is 75.2 cm³/mol. The molecule has 1 aromatic rings. The average molecular weight is 267 g/mol. The predicted octanol–water partition coefficient (Wildman–Crippen LogP) is 1.99. The van der Waals surface area contributed by atoms with Gasteiger partial charge in [0.1, 0.15) is 5.76 Å². The molecule has 0 spiro atoms. The van der Waals surface area contributed by atoms with Crippen molar-refractivity contribution in [3.05, 3.63) is 17.5 Å². The molecule has 2 N–H and O–H groups in total. The van der Waals surface area contributed by atoms with Gasteiger partial charge in [-0.2, -0.15) is 0 Å². The van der Waals surface area contributed by atoms with Gasteiger partial charge in [-0.1, -0.05) is 32.9 Å². The van der Waals surface area contributed by atoms with Crippen molar-refractivity contribution in [3.8, 4) is 0 Å². The molecule has 0 radical (unpaired) electrons. The molecule has 0 aliphatic heterocycles. The summed E-state index contributed by atoms with van der Waals surface area (Å²) in [6, 6.07) is 1.69. The molecule has 1 amide bonds. The van der Waals surface area contributed by atoms with Gasteiger partial charge < -0.3 is 15.2 Å². The Balaban J connectivity index is 2.40. The number of amides is 1. The van der Waals surface area contributed by atoms with Crippen LogP contribution >= 0.6 is 0 Å². The van der Waals surface area contributed by atoms with Gasteiger partial charge in [0.05, 0.1) is 0 Å². The highest BCUT2D eigenvalue weighted by atomic mass is 16.5. The van der Waals surface area contributed by atoms with Crippen LogP contribution in [-0.4, -0.2) is 30.7 Å². The summed E-state index contributed by atoms with van der Waals surface area (Å²) >= 11 is 0. The van der Waals surface area contributed by atoms with Crippen molar-refractivity contribution in [2.75, 3.05) is 19.6 Å². The lowest BCUT2D eigenvalue weighted by Gasteiger charge is -2.25. The first-order valence-corrected chi connectivity index (χ1v) is 6.93. The molecule has 5 heteroatoms. The van der Waals surface area contributed by atoms with E-state index < -0.39 is 0 Å². The normalized spacial score (nSPS) is 11.6. The fraction of sp³-hybridized carbons (Fsp3) is 0.714. The van der Waals surface area contributed by atoms with E-state index in [4.69, 9.17) is 4.52 Å². The van der Waals surface area contributed by atoms with Gasteiger partial charge in [0, 0.05) is 25.6 Å². The first-order chi connectivity index (χ1) is 8.98. The smallest absolute Gasteiger partial charge is 0.273 e. The minimum atomic E-state index is -0.174. The third kappa shape index (κ3) is 5.42. The Morgan fingerprint density at radius 2 is 2.11 bits per heavy atom. The van der Waals surface area contributed by atoms with E-state index in [2.05, 4.69) is 36.6 Å². The number of hydrogen-bond donors (Lipinski definition) is 2. The highest BCUT2D eigenvalue weighted by molar-refractivity contribution is 5.92. The Labute approximate surface area is 115 Å². The second-order valence-corrected chi connectivity index (χ2v) is 5.56. The van der Waals surface area contributed by atoms with Gasteiger partial charge in [-0.3, -0.25) is 4.79 Å². The fourth-order valence-electron chi connectivity index (χ4n) is 1.66. The second kappa shape index (κ2) is 7.28. The highest BCUT2D eigenvalue weighted by Crippen LogP contribution is 2.12. The molecule has 0 saturated carbocycles. The summed E-state index contributed by atoms with van der Waals surface area (Å²) in [6.45, 7) is 10.8. The molecule has 0 aliphatic rings. The van der Waals surface area contributed by atoms with E-state index >= 15 is 0 Å². The molecule has 0 aliphatic carbocycles. The van der Waals surface area contributed by atoms with Gasteiger partial charge in [0.15, 0.2) is 5.69 Å². The first kappa shape index (κ1) is 15.7. The Kier molecular flexibility index (Phi) is 6.02. The maximum Gasteiger partial charge on any atom is 0.273 e. The van der Waals surface area contributed by atoms with E-state index in [9.17, 15) is 4.79 Å². The maximum atomic E-state index is 11.9. The minimum absolute atomic E-state index is 0.0160. The average Bonchev–Trinajstić information content (AvgIpc) is 2.85. The molecule has 0 atom stereocenters. The van der Waals surface area contributed by atoms with Crippen LogP contribution in [-0.2, 0) is 6.42 Å². The van der Waals surface area contributed by atoms with Crippen molar-refractivity contribution >= 4 is 5.91 Å². The molecule has 1 heterocycles. The van der Waals surface area contributed by atoms with Gasteiger partial charge in [0.25, 0.3) is 5.91 Å². The lowest BCUT2D eigenvalue weighted by atomic mass is 9.93. The standard InChI is InChI=1S/C14H25N3O2/c1-5-7-15-9-14(3,4)10-16-13(18)12-8-11(6-2)19-17-12/h8,15H,5-7,9-10H2,1-4H3,(H,16,18). The lowest BCUT2D eigenvalue weighted by molar-refractivity contribution is 0.0927. The van der Waals surface area contributed by atoms with E-state index in [1.807, 2.05) is 6.92 Å². The number of aromatic nitrogens is 1. The Morgan fingerprint density at radius 3 is 2.68 bits per heavy atom. The van der Waals surface area contributed by atoms with Crippen LogP contribution in [0.4, 0.5) is 0 Å². The van der Waals surface area contributed by atoms with E-state index in [0.29, 0.717) is 12.2 Å². The topological polar surface area (TPSA) is 67.2 Å². The second-order valence-electron chi connectivity index (χ2n) is 5.56. The van der Waals surface area contributed by atoms with Crippen LogP contribution in [0.15, 0.2) is 10.6 Å². The molecule has 0 unspecified atom stereocenters. The Bertz CT molecular complexity index is 399. The summed E-state index contributed by atoms with van der Waals surface area (Å²) in [5, 5.41) is 10.0. The molecule has 5 nitrogen and oxygen atoms in total. The van der Waals surface area contributed by atoms with Crippen molar-refractivity contribution in [1.82, 2.24) is 15.8 Å². The largest absolute Gasteiger partial charge is 0.361 e. The lowest BCUT2D eigenvalue weighted by Crippen LogP contribution is -2.40. The molecular weight excluding hydrogens is 242 g/mol. The number of nitrogens with zero attached hydrogens (tertiary/aromatic N) is 1. The van der Waals surface area contributed by atoms with Crippen molar-refractivity contribution in [2.24, 2.45) is 5.41 Å². The number of carbonyl (C=O) groups is 1. The zero-order valence-electron chi connectivity index (χ0n) is 12.4. The third-order valence-corrected chi connectivity index (χ3v) is 2.90. The highest BCUT2D eigenvalue weighted by Gasteiger charge is 2.20. The van der Waals surface area contributed by atoms with Crippen LogP contribution < -0.4 is 10.6 Å². The van der Waals surface area contributed by atoms with Crippen molar-refractivity contribution in [2.45, 2.75) is 40.5 Å². The van der Waals surface area contributed by atoms with E-state index in [1.54, 1.807) is 6.07 Å². The van der Waals surface area contributed by atoms with Gasteiger partial charge in [-0.15, -0.1) is 0 Å². The number of rotatable bonds is 8. The minimum Gasteiger partial charge on any atom is -0.361 e. The van der Waals surface area contributed by atoms with Gasteiger partial charge in [0.2, 0.25) is 0 Å². The van der Waals surface area contributed by atoms with Crippen molar-refractivity contribution < 1.29 is 9.32 Å². The van der Waals surface area contributed by atoms with Crippen LogP contribution in [0, 0.1) is 5.41 Å². The Morgan fingerprint density at radius 1 is 1.37 bits per heavy atom. The van der Waals surface area contributed by atoms with Gasteiger partial charge in [-0.05, 0) is 18.4 Å². The van der Waals surface area contributed by atoms with Crippen LogP contribution in [0.25, 0.3) is 0 Å². The molecular formula is C14H25N3O2. The van der Waals surface area contributed by atoms with Crippen molar-refractivity contribution in [1.29, 1.82) is 0 Å². The zero-order valence-corrected chi connectivity index (χ0v) is 12.4.